The molecule has 2 aliphatic rings. The van der Waals surface area contributed by atoms with Crippen LogP contribution in [-0.4, -0.2) is 28.8 Å². The third-order valence-corrected chi connectivity index (χ3v) is 4.14. The molecule has 0 aliphatic heterocycles. The summed E-state index contributed by atoms with van der Waals surface area (Å²) in [5, 5.41) is 17.3. The summed E-state index contributed by atoms with van der Waals surface area (Å²) < 4.78 is 0. The molecular formula is C18H33NO4. The normalized spacial score (nSPS) is 16.5. The van der Waals surface area contributed by atoms with Crippen molar-refractivity contribution in [2.75, 3.05) is 6.54 Å². The Morgan fingerprint density at radius 3 is 1.87 bits per heavy atom. The number of rotatable bonds is 6. The molecule has 0 saturated heterocycles. The van der Waals surface area contributed by atoms with E-state index in [1.165, 1.54) is 77.0 Å². The fourth-order valence-electron chi connectivity index (χ4n) is 2.89. The Morgan fingerprint density at radius 1 is 1.00 bits per heavy atom. The van der Waals surface area contributed by atoms with Gasteiger partial charge in [0.1, 0.15) is 6.54 Å². The average molecular weight is 327 g/mol. The van der Waals surface area contributed by atoms with Gasteiger partial charge in [-0.1, -0.05) is 70.3 Å². The summed E-state index contributed by atoms with van der Waals surface area (Å²) in [6.07, 6.45) is 18.2. The van der Waals surface area contributed by atoms with E-state index in [1.54, 1.807) is 5.32 Å². The SMILES string of the molecule is C1CCCC1.C=CCCCC1CCCC1.O=C(O)CNC(=O)O. The standard InChI is InChI=1S/C10H18.C5H10.C3H5NO4/c1-2-3-4-7-10-8-5-6-9-10;1-2-4-5-3-1;5-2(6)1-4-3(7)8/h2,10H,1,3-9H2;1-5H2;4H,1H2,(H,5,6)(H,7,8). The van der Waals surface area contributed by atoms with Crippen LogP contribution in [0.4, 0.5) is 4.79 Å². The molecule has 0 aromatic rings. The van der Waals surface area contributed by atoms with Crippen LogP contribution in [0.1, 0.15) is 77.0 Å². The van der Waals surface area contributed by atoms with Gasteiger partial charge in [-0.15, -0.1) is 6.58 Å². The van der Waals surface area contributed by atoms with E-state index >= 15 is 0 Å². The van der Waals surface area contributed by atoms with Crippen LogP contribution in [0, 0.1) is 5.92 Å². The third-order valence-electron chi connectivity index (χ3n) is 4.14. The fraction of sp³-hybridized carbons (Fsp3) is 0.778. The molecule has 0 radical (unpaired) electrons. The molecule has 2 aliphatic carbocycles. The zero-order valence-electron chi connectivity index (χ0n) is 14.3. The van der Waals surface area contributed by atoms with E-state index in [0.717, 1.165) is 5.92 Å². The second-order valence-electron chi connectivity index (χ2n) is 6.19. The molecule has 2 saturated carbocycles. The van der Waals surface area contributed by atoms with Crippen molar-refractivity contribution in [1.82, 2.24) is 5.32 Å². The van der Waals surface area contributed by atoms with Crippen molar-refractivity contribution in [3.63, 3.8) is 0 Å². The van der Waals surface area contributed by atoms with Crippen LogP contribution in [0.15, 0.2) is 12.7 Å². The lowest BCUT2D eigenvalue weighted by atomic mass is 10.0. The highest BCUT2D eigenvalue weighted by atomic mass is 16.4. The number of unbranched alkanes of at least 4 members (excludes halogenated alkanes) is 1. The van der Waals surface area contributed by atoms with Crippen molar-refractivity contribution in [1.29, 1.82) is 0 Å². The molecule has 3 N–H and O–H groups in total. The zero-order valence-corrected chi connectivity index (χ0v) is 14.3. The van der Waals surface area contributed by atoms with Gasteiger partial charge in [0.25, 0.3) is 0 Å². The van der Waals surface area contributed by atoms with Crippen LogP contribution in [0.5, 0.6) is 0 Å². The summed E-state index contributed by atoms with van der Waals surface area (Å²) in [5.41, 5.74) is 0. The van der Waals surface area contributed by atoms with Gasteiger partial charge in [-0.3, -0.25) is 4.79 Å². The molecule has 5 nitrogen and oxygen atoms in total. The molecule has 0 heterocycles. The fourth-order valence-corrected chi connectivity index (χ4v) is 2.89. The van der Waals surface area contributed by atoms with Crippen molar-refractivity contribution >= 4 is 12.1 Å². The molecule has 0 bridgehead atoms. The van der Waals surface area contributed by atoms with Gasteiger partial charge < -0.3 is 15.5 Å². The zero-order chi connectivity index (χ0) is 17.3. The first-order valence-electron chi connectivity index (χ1n) is 8.85. The molecular weight excluding hydrogens is 294 g/mol. The van der Waals surface area contributed by atoms with E-state index in [-0.39, 0.29) is 0 Å². The summed E-state index contributed by atoms with van der Waals surface area (Å²) in [4.78, 5) is 19.1. The lowest BCUT2D eigenvalue weighted by Crippen LogP contribution is -2.27. The maximum atomic E-state index is 9.58. The van der Waals surface area contributed by atoms with Crippen LogP contribution in [-0.2, 0) is 4.79 Å². The maximum absolute atomic E-state index is 9.58. The van der Waals surface area contributed by atoms with Crippen molar-refractivity contribution in [3.05, 3.63) is 12.7 Å². The molecule has 0 aromatic carbocycles. The molecule has 1 amide bonds. The minimum Gasteiger partial charge on any atom is -0.480 e. The number of hydrogen-bond donors (Lipinski definition) is 3. The number of amides is 1. The Kier molecular flexibility index (Phi) is 14.4. The number of carboxylic acids is 1. The monoisotopic (exact) mass is 327 g/mol. The Hall–Kier alpha value is -1.52. The topological polar surface area (TPSA) is 86.6 Å². The Labute approximate surface area is 140 Å². The number of aliphatic carboxylic acids is 1. The van der Waals surface area contributed by atoms with Gasteiger partial charge in [-0.2, -0.15) is 0 Å². The van der Waals surface area contributed by atoms with E-state index in [9.17, 15) is 9.59 Å². The third kappa shape index (κ3) is 16.7. The van der Waals surface area contributed by atoms with Gasteiger partial charge in [0.15, 0.2) is 0 Å². The van der Waals surface area contributed by atoms with Crippen molar-refractivity contribution in [3.8, 4) is 0 Å². The largest absolute Gasteiger partial charge is 0.480 e. The molecule has 134 valence electrons. The van der Waals surface area contributed by atoms with Crippen LogP contribution in [0.25, 0.3) is 0 Å². The van der Waals surface area contributed by atoms with Crippen molar-refractivity contribution < 1.29 is 19.8 Å². The Morgan fingerprint density at radius 2 is 1.52 bits per heavy atom. The van der Waals surface area contributed by atoms with E-state index < -0.39 is 18.6 Å². The number of hydrogen-bond acceptors (Lipinski definition) is 2. The Bertz CT molecular complexity index is 299. The van der Waals surface area contributed by atoms with Crippen molar-refractivity contribution in [2.45, 2.75) is 77.0 Å². The van der Waals surface area contributed by atoms with Gasteiger partial charge in [-0.25, -0.2) is 4.79 Å². The summed E-state index contributed by atoms with van der Waals surface area (Å²) in [5.74, 6) is -0.118. The van der Waals surface area contributed by atoms with Crippen LogP contribution >= 0.6 is 0 Å². The quantitative estimate of drug-likeness (QED) is 0.482. The molecule has 2 fully saturated rings. The van der Waals surface area contributed by atoms with Gasteiger partial charge in [-0.05, 0) is 18.8 Å². The smallest absolute Gasteiger partial charge is 0.405 e. The highest BCUT2D eigenvalue weighted by molar-refractivity contribution is 5.75. The van der Waals surface area contributed by atoms with Crippen LogP contribution in [0.3, 0.4) is 0 Å². The number of allylic oxidation sites excluding steroid dienone is 1. The molecule has 0 atom stereocenters. The average Bonchev–Trinajstić information content (AvgIpc) is 3.22. The number of carbonyl (C=O) groups is 2. The van der Waals surface area contributed by atoms with Gasteiger partial charge in [0.05, 0.1) is 0 Å². The lowest BCUT2D eigenvalue weighted by molar-refractivity contribution is -0.135. The predicted molar refractivity (Wildman–Crippen MR) is 92.8 cm³/mol. The maximum Gasteiger partial charge on any atom is 0.405 e. The van der Waals surface area contributed by atoms with E-state index in [2.05, 4.69) is 6.58 Å². The van der Waals surface area contributed by atoms with Gasteiger partial charge in [0.2, 0.25) is 0 Å². The van der Waals surface area contributed by atoms with Crippen LogP contribution < -0.4 is 5.32 Å². The van der Waals surface area contributed by atoms with Gasteiger partial charge in [0, 0.05) is 0 Å². The summed E-state index contributed by atoms with van der Waals surface area (Å²) >= 11 is 0. The number of carboxylic acid groups (broad SMARTS) is 2. The summed E-state index contributed by atoms with van der Waals surface area (Å²) in [6, 6.07) is 0. The summed E-state index contributed by atoms with van der Waals surface area (Å²) in [6.45, 7) is 3.18. The van der Waals surface area contributed by atoms with Crippen molar-refractivity contribution in [2.24, 2.45) is 5.92 Å². The first kappa shape index (κ1) is 21.5. The minimum absolute atomic E-state index is 0.546. The molecule has 5 heteroatoms. The lowest BCUT2D eigenvalue weighted by Gasteiger charge is -2.05. The highest BCUT2D eigenvalue weighted by Gasteiger charge is 2.13. The first-order chi connectivity index (χ1) is 11.1. The molecule has 2 rings (SSSR count). The minimum atomic E-state index is -1.33. The Balaban J connectivity index is 0.000000333. The second kappa shape index (κ2) is 15.4. The van der Waals surface area contributed by atoms with Gasteiger partial charge >= 0.3 is 12.1 Å². The second-order valence-corrected chi connectivity index (χ2v) is 6.19. The predicted octanol–water partition coefficient (Wildman–Crippen LogP) is 4.82. The van der Waals surface area contributed by atoms with E-state index in [4.69, 9.17) is 10.2 Å². The van der Waals surface area contributed by atoms with Crippen LogP contribution in [0.2, 0.25) is 0 Å². The summed E-state index contributed by atoms with van der Waals surface area (Å²) in [7, 11) is 0. The molecule has 23 heavy (non-hydrogen) atoms. The molecule has 0 spiro atoms. The molecule has 0 aromatic heterocycles. The number of nitrogens with one attached hydrogen (secondary N) is 1. The van der Waals surface area contributed by atoms with E-state index in [1.807, 2.05) is 6.08 Å². The molecule has 0 unspecified atom stereocenters. The van der Waals surface area contributed by atoms with E-state index in [0.29, 0.717) is 0 Å². The highest BCUT2D eigenvalue weighted by Crippen LogP contribution is 2.28. The first-order valence-corrected chi connectivity index (χ1v) is 8.85.